The first-order chi connectivity index (χ1) is 11.1. The number of hydrogen-bond acceptors (Lipinski definition) is 1. The molecule has 1 aliphatic carbocycles. The van der Waals surface area contributed by atoms with Gasteiger partial charge < -0.3 is 0 Å². The normalized spacial score (nSPS) is 14.3. The molecule has 0 spiro atoms. The first-order valence-corrected chi connectivity index (χ1v) is 18.4. The zero-order valence-electron chi connectivity index (χ0n) is 16.4. The number of carbonyl (C=O) groups is 1. The molecule has 0 saturated carbocycles. The Labute approximate surface area is 151 Å². The van der Waals surface area contributed by atoms with Crippen LogP contribution in [0.1, 0.15) is 44.6 Å². The van der Waals surface area contributed by atoms with Crippen molar-refractivity contribution < 1.29 is 20.9 Å². The Balaban J connectivity index is 2.62. The molecule has 0 saturated heterocycles. The molecule has 0 heterocycles. The van der Waals surface area contributed by atoms with E-state index in [1.807, 2.05) is 0 Å². The van der Waals surface area contributed by atoms with Crippen LogP contribution in [0.3, 0.4) is 0 Å². The molecule has 1 aromatic rings. The van der Waals surface area contributed by atoms with Crippen LogP contribution in [-0.2, 0) is 16.1 Å². The van der Waals surface area contributed by atoms with Gasteiger partial charge in [0.2, 0.25) is 0 Å². The average molecular weight is 377 g/mol. The molecular weight excluding hydrogens is 346 g/mol. The van der Waals surface area contributed by atoms with E-state index in [4.69, 9.17) is 0 Å². The number of nitrogens with one attached hydrogen (secondary N) is 1. The average Bonchev–Trinajstić information content (AvgIpc) is 3.01. The third-order valence-electron chi connectivity index (χ3n) is 5.89. The summed E-state index contributed by atoms with van der Waals surface area (Å²) < 4.78 is 3.51. The molecule has 2 nitrogen and oxygen atoms in total. The monoisotopic (exact) mass is 377 g/mol. The molecule has 130 valence electrons. The van der Waals surface area contributed by atoms with Crippen LogP contribution in [0.4, 0.5) is 0 Å². The summed E-state index contributed by atoms with van der Waals surface area (Å²) in [5, 5.41) is 4.68. The van der Waals surface area contributed by atoms with Gasteiger partial charge >= 0.3 is 152 Å². The van der Waals surface area contributed by atoms with Gasteiger partial charge in [0, 0.05) is 0 Å². The fourth-order valence-corrected chi connectivity index (χ4v) is 6.42. The zero-order chi connectivity index (χ0) is 18.2. The van der Waals surface area contributed by atoms with Crippen molar-refractivity contribution in [1.82, 2.24) is 3.80 Å². The van der Waals surface area contributed by atoms with Crippen molar-refractivity contribution in [3.63, 3.8) is 0 Å². The second-order valence-electron chi connectivity index (χ2n) is 7.90. The maximum atomic E-state index is 13.3. The predicted molar refractivity (Wildman–Crippen MR) is 105 cm³/mol. The zero-order valence-corrected chi connectivity index (χ0v) is 19.1. The molecule has 0 aliphatic heterocycles. The van der Waals surface area contributed by atoms with E-state index >= 15 is 0 Å². The summed E-state index contributed by atoms with van der Waals surface area (Å²) in [6.45, 7) is 12.5. The van der Waals surface area contributed by atoms with Gasteiger partial charge in [0.05, 0.1) is 0 Å². The van der Waals surface area contributed by atoms with Crippen molar-refractivity contribution in [3.05, 3.63) is 51.6 Å². The van der Waals surface area contributed by atoms with Crippen LogP contribution in [0.25, 0.3) is 5.57 Å². The molecule has 1 amide bonds. The van der Waals surface area contributed by atoms with Crippen LogP contribution in [0.5, 0.6) is 0 Å². The van der Waals surface area contributed by atoms with Gasteiger partial charge in [-0.3, -0.25) is 0 Å². The molecule has 0 bridgehead atoms. The topological polar surface area (TPSA) is 29.1 Å². The van der Waals surface area contributed by atoms with Gasteiger partial charge in [0.15, 0.2) is 0 Å². The number of amides is 1. The molecule has 0 fully saturated rings. The van der Waals surface area contributed by atoms with E-state index in [0.29, 0.717) is 0 Å². The van der Waals surface area contributed by atoms with Gasteiger partial charge in [-0.25, -0.2) is 0 Å². The second-order valence-corrected chi connectivity index (χ2v) is 27.3. The molecule has 4 heteroatoms. The third-order valence-corrected chi connectivity index (χ3v) is 24.3. The molecule has 0 atom stereocenters. The first-order valence-electron chi connectivity index (χ1n) is 8.86. The van der Waals surface area contributed by atoms with E-state index in [1.54, 1.807) is 0 Å². The SMILES string of the molecule is Cc1c(C)c(C)c(C2=CC=CC2)c(C(=O)[NH][Ti]([CH3])([CH3])[SiH](C)C)c1C. The Bertz CT molecular complexity index is 745. The predicted octanol–water partition coefficient (Wildman–Crippen LogP) is 5.14. The minimum absolute atomic E-state index is 0.160. The van der Waals surface area contributed by atoms with E-state index in [1.165, 1.54) is 27.8 Å². The quantitative estimate of drug-likeness (QED) is 0.723. The molecule has 0 radical (unpaired) electrons. The molecule has 1 N–H and O–H groups in total. The Morgan fingerprint density at radius 2 is 1.62 bits per heavy atom. The van der Waals surface area contributed by atoms with Crippen molar-refractivity contribution in [2.24, 2.45) is 0 Å². The summed E-state index contributed by atoms with van der Waals surface area (Å²) in [5.74, 6) is 0.160. The summed E-state index contributed by atoms with van der Waals surface area (Å²) in [5.41, 5.74) is 8.31. The van der Waals surface area contributed by atoms with Crippen molar-refractivity contribution in [2.45, 2.75) is 57.7 Å². The Hall–Kier alpha value is -0.899. The van der Waals surface area contributed by atoms with Crippen molar-refractivity contribution >= 4 is 18.1 Å². The number of allylic oxidation sites excluding steroid dienone is 4. The number of rotatable bonds is 4. The summed E-state index contributed by atoms with van der Waals surface area (Å²) in [7, 11) is 0. The van der Waals surface area contributed by atoms with E-state index in [-0.39, 0.29) is 5.91 Å². The van der Waals surface area contributed by atoms with Gasteiger partial charge in [-0.15, -0.1) is 0 Å². The van der Waals surface area contributed by atoms with Crippen LogP contribution in [0, 0.1) is 27.7 Å². The summed E-state index contributed by atoms with van der Waals surface area (Å²) in [6, 6.07) is 0. The van der Waals surface area contributed by atoms with Gasteiger partial charge in [-0.05, 0) is 0 Å². The molecule has 24 heavy (non-hydrogen) atoms. The summed E-state index contributed by atoms with van der Waals surface area (Å²) >= 11 is -2.20. The third kappa shape index (κ3) is 3.54. The fourth-order valence-electron chi connectivity index (χ4n) is 3.13. The Morgan fingerprint density at radius 1 is 1.04 bits per heavy atom. The molecule has 0 unspecified atom stereocenters. The molecule has 0 aromatic heterocycles. The number of carbonyl (C=O) groups excluding carboxylic acids is 1. The summed E-state index contributed by atoms with van der Waals surface area (Å²) in [4.78, 5) is 13.3. The summed E-state index contributed by atoms with van der Waals surface area (Å²) in [6.07, 6.45) is 7.36. The van der Waals surface area contributed by atoms with Crippen LogP contribution in [0.2, 0.25) is 23.6 Å². The Morgan fingerprint density at radius 3 is 2.12 bits per heavy atom. The van der Waals surface area contributed by atoms with E-state index in [0.717, 1.165) is 17.5 Å². The van der Waals surface area contributed by atoms with Gasteiger partial charge in [-0.2, -0.15) is 0 Å². The van der Waals surface area contributed by atoms with Crippen LogP contribution in [-0.4, -0.2) is 12.6 Å². The number of benzene rings is 1. The molecule has 1 aromatic carbocycles. The van der Waals surface area contributed by atoms with E-state index < -0.39 is 22.8 Å². The van der Waals surface area contributed by atoms with Crippen molar-refractivity contribution in [2.75, 3.05) is 0 Å². The minimum atomic E-state index is -2.20. The van der Waals surface area contributed by atoms with Crippen molar-refractivity contribution in [3.8, 4) is 0 Å². The number of hydrogen-bond donors (Lipinski definition) is 1. The standard InChI is InChI=1S/C16H19NO.C2H7Si.2CH3.Ti/c1-9-10(2)12(4)15(16(17)18)14(11(9)3)13-7-5-6-8-13;1-3-2;;;/h5-7H,8H2,1-4H3,(H2,17,18);3H,1-2H3;2*1H3;/q;;;;+1/p-1. The molecule has 1 aliphatic rings. The van der Waals surface area contributed by atoms with Gasteiger partial charge in [0.25, 0.3) is 0 Å². The van der Waals surface area contributed by atoms with Gasteiger partial charge in [0.1, 0.15) is 0 Å². The Kier molecular flexibility index (Phi) is 5.79. The van der Waals surface area contributed by atoms with E-state index in [2.05, 4.69) is 73.3 Å². The molecule has 2 rings (SSSR count). The van der Waals surface area contributed by atoms with Crippen LogP contribution in [0.15, 0.2) is 18.2 Å². The first kappa shape index (κ1) is 19.4. The van der Waals surface area contributed by atoms with E-state index in [9.17, 15) is 4.79 Å². The second kappa shape index (κ2) is 7.15. The van der Waals surface area contributed by atoms with Crippen molar-refractivity contribution in [1.29, 1.82) is 0 Å². The maximum absolute atomic E-state index is 13.3. The fraction of sp³-hybridized carbons (Fsp3) is 0.450. The van der Waals surface area contributed by atoms with Crippen LogP contribution < -0.4 is 3.80 Å². The van der Waals surface area contributed by atoms with Crippen LogP contribution >= 0.6 is 0 Å². The van der Waals surface area contributed by atoms with Gasteiger partial charge in [-0.1, -0.05) is 0 Å². The molecular formula is C20H31NOSiTi.